The lowest BCUT2D eigenvalue weighted by Gasteiger charge is -2.13. The first-order valence-corrected chi connectivity index (χ1v) is 9.17. The summed E-state index contributed by atoms with van der Waals surface area (Å²) in [4.78, 5) is 36.9. The van der Waals surface area contributed by atoms with Gasteiger partial charge in [0.1, 0.15) is 5.75 Å². The molecule has 2 amide bonds. The standard InChI is InChI=1S/C22H18N2O4S/c1-14(25)28-16-8-6-7-15(13-16)21(26)23-18-10-3-4-11-19(18)24-22(27)17-9-2-5-12-20(17)29/h2-13,29H,1H3,(H,23,26)(H,24,27). The lowest BCUT2D eigenvalue weighted by atomic mass is 10.1. The van der Waals surface area contributed by atoms with E-state index in [0.29, 0.717) is 27.4 Å². The number of rotatable bonds is 5. The van der Waals surface area contributed by atoms with Crippen molar-refractivity contribution in [2.45, 2.75) is 11.8 Å². The molecule has 0 aliphatic heterocycles. The summed E-state index contributed by atoms with van der Waals surface area (Å²) in [7, 11) is 0. The van der Waals surface area contributed by atoms with Gasteiger partial charge in [0.25, 0.3) is 11.8 Å². The molecule has 29 heavy (non-hydrogen) atoms. The molecule has 0 fully saturated rings. The van der Waals surface area contributed by atoms with Gasteiger partial charge in [0.2, 0.25) is 0 Å². The molecule has 3 aromatic carbocycles. The lowest BCUT2D eigenvalue weighted by Crippen LogP contribution is -2.17. The fourth-order valence-electron chi connectivity index (χ4n) is 2.62. The van der Waals surface area contributed by atoms with Crippen LogP contribution in [-0.4, -0.2) is 17.8 Å². The summed E-state index contributed by atoms with van der Waals surface area (Å²) in [6.07, 6.45) is 0. The van der Waals surface area contributed by atoms with Crippen molar-refractivity contribution in [1.29, 1.82) is 0 Å². The van der Waals surface area contributed by atoms with Gasteiger partial charge in [-0.1, -0.05) is 30.3 Å². The Morgan fingerprint density at radius 3 is 2.07 bits per heavy atom. The number of anilines is 2. The van der Waals surface area contributed by atoms with Crippen LogP contribution in [-0.2, 0) is 4.79 Å². The van der Waals surface area contributed by atoms with Gasteiger partial charge in [-0.2, -0.15) is 0 Å². The molecule has 0 aliphatic rings. The van der Waals surface area contributed by atoms with Gasteiger partial charge in [0.15, 0.2) is 0 Å². The fourth-order valence-corrected chi connectivity index (χ4v) is 2.88. The highest BCUT2D eigenvalue weighted by atomic mass is 32.1. The van der Waals surface area contributed by atoms with Crippen molar-refractivity contribution in [3.05, 3.63) is 83.9 Å². The van der Waals surface area contributed by atoms with Gasteiger partial charge >= 0.3 is 5.97 Å². The Labute approximate surface area is 173 Å². The summed E-state index contributed by atoms with van der Waals surface area (Å²) in [5.41, 5.74) is 1.61. The highest BCUT2D eigenvalue weighted by Crippen LogP contribution is 2.24. The maximum Gasteiger partial charge on any atom is 0.308 e. The quantitative estimate of drug-likeness (QED) is 0.333. The highest BCUT2D eigenvalue weighted by Gasteiger charge is 2.14. The molecular formula is C22H18N2O4S. The topological polar surface area (TPSA) is 84.5 Å². The summed E-state index contributed by atoms with van der Waals surface area (Å²) >= 11 is 4.30. The first-order valence-electron chi connectivity index (χ1n) is 8.72. The maximum absolute atomic E-state index is 12.6. The number of nitrogens with one attached hydrogen (secondary N) is 2. The zero-order valence-electron chi connectivity index (χ0n) is 15.5. The van der Waals surface area contributed by atoms with Crippen molar-refractivity contribution >= 4 is 41.8 Å². The van der Waals surface area contributed by atoms with E-state index in [1.807, 2.05) is 0 Å². The number of para-hydroxylation sites is 2. The minimum atomic E-state index is -0.472. The monoisotopic (exact) mass is 406 g/mol. The number of carbonyl (C=O) groups excluding carboxylic acids is 3. The second-order valence-corrected chi connectivity index (χ2v) is 6.57. The molecule has 0 bridgehead atoms. The third-order valence-electron chi connectivity index (χ3n) is 3.93. The van der Waals surface area contributed by atoms with Crippen LogP contribution in [0.3, 0.4) is 0 Å². The van der Waals surface area contributed by atoms with E-state index in [0.717, 1.165) is 0 Å². The van der Waals surface area contributed by atoms with Crippen LogP contribution in [0.25, 0.3) is 0 Å². The highest BCUT2D eigenvalue weighted by molar-refractivity contribution is 7.80. The number of esters is 1. The van der Waals surface area contributed by atoms with Crippen molar-refractivity contribution in [3.8, 4) is 5.75 Å². The number of ether oxygens (including phenoxy) is 1. The summed E-state index contributed by atoms with van der Waals surface area (Å²) < 4.78 is 5.01. The van der Waals surface area contributed by atoms with Crippen LogP contribution in [0.2, 0.25) is 0 Å². The van der Waals surface area contributed by atoms with Crippen LogP contribution in [0.15, 0.2) is 77.7 Å². The van der Waals surface area contributed by atoms with Crippen molar-refractivity contribution in [3.63, 3.8) is 0 Å². The van der Waals surface area contributed by atoms with E-state index in [1.165, 1.54) is 13.0 Å². The van der Waals surface area contributed by atoms with E-state index >= 15 is 0 Å². The predicted molar refractivity (Wildman–Crippen MR) is 114 cm³/mol. The summed E-state index contributed by atoms with van der Waals surface area (Å²) in [5, 5.41) is 5.56. The fraction of sp³-hybridized carbons (Fsp3) is 0.0455. The molecule has 0 unspecified atom stereocenters. The normalized spacial score (nSPS) is 10.1. The molecule has 0 aromatic heterocycles. The SMILES string of the molecule is CC(=O)Oc1cccc(C(=O)Nc2ccccc2NC(=O)c2ccccc2S)c1. The van der Waals surface area contributed by atoms with Crippen LogP contribution in [0.4, 0.5) is 11.4 Å². The van der Waals surface area contributed by atoms with Gasteiger partial charge in [-0.05, 0) is 42.5 Å². The lowest BCUT2D eigenvalue weighted by molar-refractivity contribution is -0.131. The molecule has 2 N–H and O–H groups in total. The Bertz CT molecular complexity index is 1080. The molecule has 3 rings (SSSR count). The minimum Gasteiger partial charge on any atom is -0.427 e. The van der Waals surface area contributed by atoms with E-state index in [9.17, 15) is 14.4 Å². The average Bonchev–Trinajstić information content (AvgIpc) is 2.69. The molecule has 0 radical (unpaired) electrons. The number of hydrogen-bond donors (Lipinski definition) is 3. The Morgan fingerprint density at radius 1 is 0.793 bits per heavy atom. The van der Waals surface area contributed by atoms with Gasteiger partial charge in [-0.15, -0.1) is 12.6 Å². The number of hydrogen-bond acceptors (Lipinski definition) is 5. The molecule has 146 valence electrons. The van der Waals surface area contributed by atoms with Crippen molar-refractivity contribution in [1.82, 2.24) is 0 Å². The first kappa shape index (κ1) is 20.2. The average molecular weight is 406 g/mol. The van der Waals surface area contributed by atoms with Crippen LogP contribution in [0, 0.1) is 0 Å². The van der Waals surface area contributed by atoms with Gasteiger partial charge in [0, 0.05) is 17.4 Å². The number of benzene rings is 3. The minimum absolute atomic E-state index is 0.275. The Kier molecular flexibility index (Phi) is 6.31. The van der Waals surface area contributed by atoms with Crippen molar-refractivity contribution in [2.75, 3.05) is 10.6 Å². The number of thiol groups is 1. The Balaban J connectivity index is 1.79. The second-order valence-electron chi connectivity index (χ2n) is 6.09. The molecule has 0 spiro atoms. The molecule has 6 nitrogen and oxygen atoms in total. The van der Waals surface area contributed by atoms with Crippen LogP contribution >= 0.6 is 12.6 Å². The largest absolute Gasteiger partial charge is 0.427 e. The molecule has 3 aromatic rings. The van der Waals surface area contributed by atoms with Crippen LogP contribution in [0.1, 0.15) is 27.6 Å². The van der Waals surface area contributed by atoms with Gasteiger partial charge in [-0.25, -0.2) is 0 Å². The van der Waals surface area contributed by atoms with Crippen molar-refractivity contribution < 1.29 is 19.1 Å². The van der Waals surface area contributed by atoms with Crippen LogP contribution < -0.4 is 15.4 Å². The van der Waals surface area contributed by atoms with E-state index in [1.54, 1.807) is 66.7 Å². The third-order valence-corrected chi connectivity index (χ3v) is 4.32. The van der Waals surface area contributed by atoms with Gasteiger partial charge in [-0.3, -0.25) is 14.4 Å². The Morgan fingerprint density at radius 2 is 1.41 bits per heavy atom. The number of carbonyl (C=O) groups is 3. The molecule has 0 saturated heterocycles. The molecule has 0 heterocycles. The molecule has 0 aliphatic carbocycles. The van der Waals surface area contributed by atoms with Crippen molar-refractivity contribution in [2.24, 2.45) is 0 Å². The maximum atomic E-state index is 12.6. The van der Waals surface area contributed by atoms with Gasteiger partial charge in [0.05, 0.1) is 16.9 Å². The van der Waals surface area contributed by atoms with E-state index in [2.05, 4.69) is 23.3 Å². The molecule has 7 heteroatoms. The zero-order chi connectivity index (χ0) is 20.8. The molecular weight excluding hydrogens is 388 g/mol. The number of amides is 2. The Hall–Kier alpha value is -3.58. The summed E-state index contributed by atoms with van der Waals surface area (Å²) in [5.74, 6) is -0.943. The third kappa shape index (κ3) is 5.24. The van der Waals surface area contributed by atoms with Gasteiger partial charge < -0.3 is 15.4 Å². The summed E-state index contributed by atoms with van der Waals surface area (Å²) in [6, 6.07) is 20.0. The predicted octanol–water partition coefficient (Wildman–Crippen LogP) is 4.41. The van der Waals surface area contributed by atoms with Crippen LogP contribution in [0.5, 0.6) is 5.75 Å². The van der Waals surface area contributed by atoms with E-state index in [-0.39, 0.29) is 11.7 Å². The second kappa shape index (κ2) is 9.07. The van der Waals surface area contributed by atoms with E-state index < -0.39 is 11.9 Å². The molecule has 0 atom stereocenters. The zero-order valence-corrected chi connectivity index (χ0v) is 16.4. The first-order chi connectivity index (χ1) is 13.9. The molecule has 0 saturated carbocycles. The summed E-state index contributed by atoms with van der Waals surface area (Å²) in [6.45, 7) is 1.29. The van der Waals surface area contributed by atoms with E-state index in [4.69, 9.17) is 4.74 Å². The smallest absolute Gasteiger partial charge is 0.308 e.